The van der Waals surface area contributed by atoms with E-state index >= 15 is 0 Å². The molecule has 3 N–H and O–H groups in total. The van der Waals surface area contributed by atoms with Crippen molar-refractivity contribution in [2.45, 2.75) is 63.5 Å². The molecule has 34 heavy (non-hydrogen) atoms. The van der Waals surface area contributed by atoms with Crippen molar-refractivity contribution in [3.8, 4) is 11.1 Å². The molecule has 0 spiro atoms. The molecule has 2 amide bonds. The lowest BCUT2D eigenvalue weighted by Crippen LogP contribution is -2.47. The summed E-state index contributed by atoms with van der Waals surface area (Å²) in [6.45, 7) is 2.10. The van der Waals surface area contributed by atoms with Crippen molar-refractivity contribution < 1.29 is 24.2 Å². The standard InChI is InChI=1S/C27H32N2O5/c1-2-17(15-25(30)29-24-14-8-7-13-22(24)26(31)32)28-27(33)34-16-23-20-11-5-3-9-18(20)19-10-4-6-12-21(19)23/h3-6,9-12,17,22-24H,2,7-8,13-16H2,1H3,(H,28,33)(H,29,30)(H,31,32)/t17-,22?,24?/m0/s1. The fourth-order valence-corrected chi connectivity index (χ4v) is 5.19. The van der Waals surface area contributed by atoms with Crippen molar-refractivity contribution in [2.24, 2.45) is 5.92 Å². The maximum Gasteiger partial charge on any atom is 0.407 e. The summed E-state index contributed by atoms with van der Waals surface area (Å²) in [5.74, 6) is -1.69. The van der Waals surface area contributed by atoms with Gasteiger partial charge in [-0.25, -0.2) is 4.79 Å². The first-order valence-corrected chi connectivity index (χ1v) is 12.1. The number of fused-ring (bicyclic) bond motifs is 3. The molecule has 0 saturated heterocycles. The summed E-state index contributed by atoms with van der Waals surface area (Å²) in [6.07, 6.45) is 3.11. The average molecular weight is 465 g/mol. The van der Waals surface area contributed by atoms with E-state index in [-0.39, 0.29) is 36.9 Å². The second-order valence-electron chi connectivity index (χ2n) is 9.18. The number of nitrogens with one attached hydrogen (secondary N) is 2. The van der Waals surface area contributed by atoms with Crippen LogP contribution in [-0.2, 0) is 14.3 Å². The minimum Gasteiger partial charge on any atom is -0.481 e. The van der Waals surface area contributed by atoms with Crippen molar-refractivity contribution in [3.05, 3.63) is 59.7 Å². The molecule has 2 aromatic rings. The Morgan fingerprint density at radius 3 is 2.24 bits per heavy atom. The number of carbonyl (C=O) groups is 3. The van der Waals surface area contributed by atoms with Crippen LogP contribution in [0.3, 0.4) is 0 Å². The number of carboxylic acids is 1. The average Bonchev–Trinajstić information content (AvgIpc) is 3.16. The number of hydrogen-bond donors (Lipinski definition) is 3. The number of alkyl carbamates (subject to hydrolysis) is 1. The molecule has 2 unspecified atom stereocenters. The lowest BCUT2D eigenvalue weighted by atomic mass is 9.84. The SMILES string of the molecule is CC[C@@H](CC(=O)NC1CCCCC1C(=O)O)NC(=O)OCC1c2ccccc2-c2ccccc21. The molecule has 0 heterocycles. The molecule has 2 aliphatic rings. The van der Waals surface area contributed by atoms with E-state index in [0.29, 0.717) is 19.3 Å². The van der Waals surface area contributed by atoms with Gasteiger partial charge >= 0.3 is 12.1 Å². The van der Waals surface area contributed by atoms with E-state index in [9.17, 15) is 19.5 Å². The zero-order valence-electron chi connectivity index (χ0n) is 19.5. The van der Waals surface area contributed by atoms with Gasteiger partial charge in [-0.3, -0.25) is 9.59 Å². The van der Waals surface area contributed by atoms with Crippen LogP contribution in [0, 0.1) is 5.92 Å². The van der Waals surface area contributed by atoms with Crippen LogP contribution in [-0.4, -0.2) is 41.8 Å². The van der Waals surface area contributed by atoms with Gasteiger partial charge in [0.15, 0.2) is 0 Å². The number of carboxylic acid groups (broad SMARTS) is 1. The lowest BCUT2D eigenvalue weighted by molar-refractivity contribution is -0.144. The largest absolute Gasteiger partial charge is 0.481 e. The fraction of sp³-hybridized carbons (Fsp3) is 0.444. The second kappa shape index (κ2) is 10.7. The summed E-state index contributed by atoms with van der Waals surface area (Å²) in [5.41, 5.74) is 4.61. The van der Waals surface area contributed by atoms with Crippen LogP contribution >= 0.6 is 0 Å². The van der Waals surface area contributed by atoms with Crippen molar-refractivity contribution in [1.29, 1.82) is 0 Å². The zero-order chi connectivity index (χ0) is 24.1. The third kappa shape index (κ3) is 5.24. The number of amides is 2. The Kier molecular flexibility index (Phi) is 7.50. The number of rotatable bonds is 8. The minimum absolute atomic E-state index is 0.0271. The van der Waals surface area contributed by atoms with Crippen molar-refractivity contribution in [3.63, 3.8) is 0 Å². The quantitative estimate of drug-likeness (QED) is 0.535. The van der Waals surface area contributed by atoms with E-state index in [0.717, 1.165) is 35.1 Å². The van der Waals surface area contributed by atoms with Gasteiger partial charge in [0.05, 0.1) is 5.92 Å². The van der Waals surface area contributed by atoms with Crippen LogP contribution in [0.1, 0.15) is 62.5 Å². The molecule has 1 saturated carbocycles. The minimum atomic E-state index is -0.867. The Labute approximate surface area is 199 Å². The maximum absolute atomic E-state index is 12.6. The van der Waals surface area contributed by atoms with Gasteiger partial charge in [-0.15, -0.1) is 0 Å². The van der Waals surface area contributed by atoms with Crippen LogP contribution < -0.4 is 10.6 Å². The van der Waals surface area contributed by atoms with Crippen molar-refractivity contribution in [2.75, 3.05) is 6.61 Å². The van der Waals surface area contributed by atoms with Gasteiger partial charge in [-0.05, 0) is 41.5 Å². The molecule has 7 nitrogen and oxygen atoms in total. The highest BCUT2D eigenvalue weighted by molar-refractivity contribution is 5.80. The molecule has 0 radical (unpaired) electrons. The van der Waals surface area contributed by atoms with Crippen LogP contribution in [0.2, 0.25) is 0 Å². The summed E-state index contributed by atoms with van der Waals surface area (Å²) < 4.78 is 5.59. The predicted octanol–water partition coefficient (Wildman–Crippen LogP) is 4.45. The van der Waals surface area contributed by atoms with Gasteiger partial charge in [0.1, 0.15) is 6.61 Å². The maximum atomic E-state index is 12.6. The van der Waals surface area contributed by atoms with E-state index in [1.165, 1.54) is 0 Å². The molecule has 1 fully saturated rings. The Morgan fingerprint density at radius 2 is 1.62 bits per heavy atom. The molecule has 0 aromatic heterocycles. The molecular weight excluding hydrogens is 432 g/mol. The van der Waals surface area contributed by atoms with E-state index < -0.39 is 18.0 Å². The molecule has 4 rings (SSSR count). The summed E-state index contributed by atoms with van der Waals surface area (Å²) in [6, 6.07) is 15.6. The third-order valence-electron chi connectivity index (χ3n) is 7.02. The smallest absolute Gasteiger partial charge is 0.407 e. The molecule has 2 aromatic carbocycles. The van der Waals surface area contributed by atoms with Gasteiger partial charge < -0.3 is 20.5 Å². The number of aliphatic carboxylic acids is 1. The van der Waals surface area contributed by atoms with Gasteiger partial charge in [0.2, 0.25) is 5.91 Å². The van der Waals surface area contributed by atoms with E-state index in [1.54, 1.807) is 0 Å². The normalized spacial score (nSPS) is 20.0. The monoisotopic (exact) mass is 464 g/mol. The Hall–Kier alpha value is -3.35. The van der Waals surface area contributed by atoms with Crippen molar-refractivity contribution >= 4 is 18.0 Å². The topological polar surface area (TPSA) is 105 Å². The highest BCUT2D eigenvalue weighted by Crippen LogP contribution is 2.44. The number of benzene rings is 2. The van der Waals surface area contributed by atoms with Crippen LogP contribution in [0.15, 0.2) is 48.5 Å². The second-order valence-corrected chi connectivity index (χ2v) is 9.18. The highest BCUT2D eigenvalue weighted by atomic mass is 16.5. The molecule has 2 aliphatic carbocycles. The van der Waals surface area contributed by atoms with Crippen LogP contribution in [0.4, 0.5) is 4.79 Å². The molecule has 7 heteroatoms. The Balaban J connectivity index is 1.31. The van der Waals surface area contributed by atoms with Gasteiger partial charge in [-0.1, -0.05) is 68.3 Å². The first kappa shape index (κ1) is 23.8. The van der Waals surface area contributed by atoms with Gasteiger partial charge in [0, 0.05) is 24.4 Å². The molecule has 0 bridgehead atoms. The summed E-state index contributed by atoms with van der Waals surface area (Å²) in [4.78, 5) is 36.6. The zero-order valence-corrected chi connectivity index (χ0v) is 19.5. The molecular formula is C27H32N2O5. The third-order valence-corrected chi connectivity index (χ3v) is 7.02. The summed E-state index contributed by atoms with van der Waals surface area (Å²) >= 11 is 0. The number of hydrogen-bond acceptors (Lipinski definition) is 4. The number of ether oxygens (including phenoxy) is 1. The molecule has 0 aliphatic heterocycles. The van der Waals surface area contributed by atoms with E-state index in [1.807, 2.05) is 31.2 Å². The van der Waals surface area contributed by atoms with Crippen LogP contribution in [0.25, 0.3) is 11.1 Å². The number of carbonyl (C=O) groups excluding carboxylic acids is 2. The summed E-state index contributed by atoms with van der Waals surface area (Å²) in [5, 5.41) is 15.1. The first-order valence-electron chi connectivity index (χ1n) is 12.1. The Bertz CT molecular complexity index is 1010. The van der Waals surface area contributed by atoms with Gasteiger partial charge in [-0.2, -0.15) is 0 Å². The first-order chi connectivity index (χ1) is 16.5. The van der Waals surface area contributed by atoms with E-state index in [2.05, 4.69) is 34.9 Å². The summed E-state index contributed by atoms with van der Waals surface area (Å²) in [7, 11) is 0. The molecule has 180 valence electrons. The highest BCUT2D eigenvalue weighted by Gasteiger charge is 2.32. The van der Waals surface area contributed by atoms with E-state index in [4.69, 9.17) is 4.74 Å². The Morgan fingerprint density at radius 1 is 1.00 bits per heavy atom. The lowest BCUT2D eigenvalue weighted by Gasteiger charge is -2.29. The van der Waals surface area contributed by atoms with Gasteiger partial charge in [0.25, 0.3) is 0 Å². The predicted molar refractivity (Wildman–Crippen MR) is 128 cm³/mol. The van der Waals surface area contributed by atoms with Crippen LogP contribution in [0.5, 0.6) is 0 Å². The van der Waals surface area contributed by atoms with Crippen molar-refractivity contribution in [1.82, 2.24) is 10.6 Å². The fourth-order valence-electron chi connectivity index (χ4n) is 5.19. The molecule has 3 atom stereocenters.